The van der Waals surface area contributed by atoms with E-state index in [2.05, 4.69) is 42.3 Å². The molecule has 112 valence electrons. The monoisotopic (exact) mass is 284 g/mol. The number of rotatable bonds is 8. The Labute approximate surface area is 127 Å². The Balaban J connectivity index is 1.80. The van der Waals surface area contributed by atoms with Crippen LogP contribution in [0.15, 0.2) is 48.8 Å². The van der Waals surface area contributed by atoms with Crippen LogP contribution in [-0.2, 0) is 6.54 Å². The van der Waals surface area contributed by atoms with Crippen molar-refractivity contribution in [3.63, 3.8) is 0 Å². The molecule has 2 aromatic rings. The maximum absolute atomic E-state index is 5.67. The Morgan fingerprint density at radius 2 is 2.00 bits per heavy atom. The molecule has 0 radical (unpaired) electrons. The van der Waals surface area contributed by atoms with E-state index in [-0.39, 0.29) is 0 Å². The Morgan fingerprint density at radius 3 is 2.67 bits per heavy atom. The first-order valence-electron chi connectivity index (χ1n) is 7.64. The lowest BCUT2D eigenvalue weighted by Gasteiger charge is -2.14. The number of unbranched alkanes of at least 4 members (excludes halogenated alkanes) is 1. The summed E-state index contributed by atoms with van der Waals surface area (Å²) >= 11 is 0. The van der Waals surface area contributed by atoms with E-state index in [0.717, 1.165) is 31.7 Å². The van der Waals surface area contributed by atoms with Crippen molar-refractivity contribution in [2.24, 2.45) is 0 Å². The largest absolute Gasteiger partial charge is 0.494 e. The van der Waals surface area contributed by atoms with Crippen molar-refractivity contribution < 1.29 is 4.74 Å². The minimum Gasteiger partial charge on any atom is -0.494 e. The molecule has 1 N–H and O–H groups in total. The first-order valence-corrected chi connectivity index (χ1v) is 7.64. The van der Waals surface area contributed by atoms with E-state index in [9.17, 15) is 0 Å². The summed E-state index contributed by atoms with van der Waals surface area (Å²) in [5.41, 5.74) is 2.46. The lowest BCUT2D eigenvalue weighted by atomic mass is 10.1. The van der Waals surface area contributed by atoms with Gasteiger partial charge >= 0.3 is 0 Å². The van der Waals surface area contributed by atoms with Crippen molar-refractivity contribution in [3.05, 3.63) is 59.9 Å². The zero-order valence-corrected chi connectivity index (χ0v) is 12.9. The van der Waals surface area contributed by atoms with Crippen LogP contribution < -0.4 is 10.1 Å². The first-order chi connectivity index (χ1) is 10.3. The highest BCUT2D eigenvalue weighted by Gasteiger charge is 2.04. The number of hydrogen-bond donors (Lipinski definition) is 1. The van der Waals surface area contributed by atoms with Crippen LogP contribution in [0.2, 0.25) is 0 Å². The third kappa shape index (κ3) is 5.20. The molecule has 2 rings (SSSR count). The Kier molecular flexibility index (Phi) is 6.22. The molecule has 21 heavy (non-hydrogen) atoms. The second kappa shape index (κ2) is 8.42. The van der Waals surface area contributed by atoms with Gasteiger partial charge in [0.15, 0.2) is 0 Å². The molecule has 1 heterocycles. The van der Waals surface area contributed by atoms with E-state index in [1.807, 2.05) is 24.4 Å². The molecule has 0 spiro atoms. The van der Waals surface area contributed by atoms with Crippen molar-refractivity contribution in [3.8, 4) is 5.75 Å². The molecule has 0 bridgehead atoms. The van der Waals surface area contributed by atoms with Gasteiger partial charge in [0.25, 0.3) is 0 Å². The second-order valence-corrected chi connectivity index (χ2v) is 5.23. The van der Waals surface area contributed by atoms with Crippen molar-refractivity contribution in [1.82, 2.24) is 10.3 Å². The highest BCUT2D eigenvalue weighted by molar-refractivity contribution is 5.27. The molecule has 1 atom stereocenters. The number of nitrogens with zero attached hydrogens (tertiary/aromatic N) is 1. The summed E-state index contributed by atoms with van der Waals surface area (Å²) in [4.78, 5) is 4.15. The maximum Gasteiger partial charge on any atom is 0.119 e. The summed E-state index contributed by atoms with van der Waals surface area (Å²) in [6.07, 6.45) is 5.97. The molecule has 3 heteroatoms. The van der Waals surface area contributed by atoms with E-state index >= 15 is 0 Å². The number of pyridine rings is 1. The zero-order chi connectivity index (χ0) is 14.9. The van der Waals surface area contributed by atoms with Gasteiger partial charge in [-0.05, 0) is 42.7 Å². The molecule has 0 aliphatic rings. The smallest absolute Gasteiger partial charge is 0.119 e. The Bertz CT molecular complexity index is 511. The molecule has 0 aliphatic heterocycles. The third-order valence-corrected chi connectivity index (χ3v) is 3.49. The average Bonchev–Trinajstić information content (AvgIpc) is 2.55. The highest BCUT2D eigenvalue weighted by atomic mass is 16.5. The number of aromatic nitrogens is 1. The average molecular weight is 284 g/mol. The first kappa shape index (κ1) is 15.5. The fourth-order valence-electron chi connectivity index (χ4n) is 2.06. The van der Waals surface area contributed by atoms with Gasteiger partial charge < -0.3 is 10.1 Å². The standard InChI is InChI=1S/C18H24N2O/c1-3-4-12-21-18-9-7-16(8-10-18)13-20-15(2)17-6-5-11-19-14-17/h5-11,14-15,20H,3-4,12-13H2,1-2H3. The molecule has 1 aromatic carbocycles. The molecule has 0 saturated heterocycles. The summed E-state index contributed by atoms with van der Waals surface area (Å²) in [5.74, 6) is 0.951. The molecule has 0 saturated carbocycles. The van der Waals surface area contributed by atoms with Crippen molar-refractivity contribution in [2.75, 3.05) is 6.61 Å². The van der Waals surface area contributed by atoms with Crippen LogP contribution >= 0.6 is 0 Å². The number of ether oxygens (including phenoxy) is 1. The molecular weight excluding hydrogens is 260 g/mol. The number of nitrogens with one attached hydrogen (secondary N) is 1. The van der Waals surface area contributed by atoms with Crippen LogP contribution in [0.25, 0.3) is 0 Å². The van der Waals surface area contributed by atoms with Crippen molar-refractivity contribution in [2.45, 2.75) is 39.3 Å². The molecule has 3 nitrogen and oxygen atoms in total. The SMILES string of the molecule is CCCCOc1ccc(CNC(C)c2cccnc2)cc1. The predicted molar refractivity (Wildman–Crippen MR) is 86.3 cm³/mol. The van der Waals surface area contributed by atoms with Gasteiger partial charge in [-0.25, -0.2) is 0 Å². The summed E-state index contributed by atoms with van der Waals surface area (Å²) in [6, 6.07) is 12.7. The quantitative estimate of drug-likeness (QED) is 0.741. The van der Waals surface area contributed by atoms with E-state index in [1.54, 1.807) is 6.20 Å². The van der Waals surface area contributed by atoms with Crippen LogP contribution in [0.5, 0.6) is 5.75 Å². The molecule has 0 fully saturated rings. The summed E-state index contributed by atoms with van der Waals surface area (Å²) in [5, 5.41) is 3.51. The van der Waals surface area contributed by atoms with Gasteiger partial charge in [0.1, 0.15) is 5.75 Å². The zero-order valence-electron chi connectivity index (χ0n) is 12.9. The van der Waals surface area contributed by atoms with E-state index in [1.165, 1.54) is 11.1 Å². The molecule has 0 aliphatic carbocycles. The van der Waals surface area contributed by atoms with E-state index < -0.39 is 0 Å². The van der Waals surface area contributed by atoms with Crippen LogP contribution in [0.3, 0.4) is 0 Å². The van der Waals surface area contributed by atoms with Gasteiger partial charge in [-0.1, -0.05) is 31.5 Å². The van der Waals surface area contributed by atoms with E-state index in [0.29, 0.717) is 6.04 Å². The van der Waals surface area contributed by atoms with Gasteiger partial charge in [-0.15, -0.1) is 0 Å². The minimum absolute atomic E-state index is 0.291. The topological polar surface area (TPSA) is 34.1 Å². The second-order valence-electron chi connectivity index (χ2n) is 5.23. The minimum atomic E-state index is 0.291. The van der Waals surface area contributed by atoms with Crippen LogP contribution in [0, 0.1) is 0 Å². The number of hydrogen-bond acceptors (Lipinski definition) is 3. The Morgan fingerprint density at radius 1 is 1.19 bits per heavy atom. The molecule has 1 unspecified atom stereocenters. The third-order valence-electron chi connectivity index (χ3n) is 3.49. The van der Waals surface area contributed by atoms with Crippen LogP contribution in [0.1, 0.15) is 43.9 Å². The Hall–Kier alpha value is -1.87. The van der Waals surface area contributed by atoms with Gasteiger partial charge in [-0.3, -0.25) is 4.98 Å². The van der Waals surface area contributed by atoms with Crippen molar-refractivity contribution >= 4 is 0 Å². The molecule has 0 amide bonds. The molecule has 1 aromatic heterocycles. The fraction of sp³-hybridized carbons (Fsp3) is 0.389. The lowest BCUT2D eigenvalue weighted by Crippen LogP contribution is -2.18. The predicted octanol–water partition coefficient (Wildman–Crippen LogP) is 4.11. The molecular formula is C18H24N2O. The summed E-state index contributed by atoms with van der Waals surface area (Å²) < 4.78 is 5.67. The van der Waals surface area contributed by atoms with Crippen LogP contribution in [-0.4, -0.2) is 11.6 Å². The summed E-state index contributed by atoms with van der Waals surface area (Å²) in [7, 11) is 0. The number of benzene rings is 1. The maximum atomic E-state index is 5.67. The fourth-order valence-corrected chi connectivity index (χ4v) is 2.06. The van der Waals surface area contributed by atoms with Gasteiger partial charge in [-0.2, -0.15) is 0 Å². The van der Waals surface area contributed by atoms with Gasteiger partial charge in [0.05, 0.1) is 6.61 Å². The van der Waals surface area contributed by atoms with Gasteiger partial charge in [0, 0.05) is 25.0 Å². The normalized spacial score (nSPS) is 12.1. The van der Waals surface area contributed by atoms with Crippen LogP contribution in [0.4, 0.5) is 0 Å². The summed E-state index contributed by atoms with van der Waals surface area (Å²) in [6.45, 7) is 5.96. The van der Waals surface area contributed by atoms with Gasteiger partial charge in [0.2, 0.25) is 0 Å². The van der Waals surface area contributed by atoms with Crippen molar-refractivity contribution in [1.29, 1.82) is 0 Å². The highest BCUT2D eigenvalue weighted by Crippen LogP contribution is 2.15. The lowest BCUT2D eigenvalue weighted by molar-refractivity contribution is 0.309. The van der Waals surface area contributed by atoms with E-state index in [4.69, 9.17) is 4.74 Å².